The largest absolute Gasteiger partial charge is 0.393 e. The highest BCUT2D eigenvalue weighted by Gasteiger charge is 2.06. The summed E-state index contributed by atoms with van der Waals surface area (Å²) in [6, 6.07) is 1.74. The van der Waals surface area contributed by atoms with Crippen LogP contribution in [-0.2, 0) is 0 Å². The van der Waals surface area contributed by atoms with Crippen molar-refractivity contribution in [2.75, 3.05) is 5.73 Å². The van der Waals surface area contributed by atoms with Crippen LogP contribution in [0.5, 0.6) is 0 Å². The Hall–Kier alpha value is -1.34. The summed E-state index contributed by atoms with van der Waals surface area (Å²) < 4.78 is 0.766. The molecule has 5 nitrogen and oxygen atoms in total. The molecule has 0 aliphatic heterocycles. The Bertz CT molecular complexity index is 479. The average Bonchev–Trinajstić information content (AvgIpc) is 2.66. The lowest BCUT2D eigenvalue weighted by atomic mass is 10.4. The fourth-order valence-electron chi connectivity index (χ4n) is 0.863. The topological polar surface area (TPSA) is 84.7 Å². The molecule has 14 heavy (non-hydrogen) atoms. The summed E-state index contributed by atoms with van der Waals surface area (Å²) in [6.07, 6.45) is 1.56. The van der Waals surface area contributed by atoms with Crippen LogP contribution >= 0.6 is 23.1 Å². The lowest BCUT2D eigenvalue weighted by Gasteiger charge is -1.99. The van der Waals surface area contributed by atoms with E-state index in [4.69, 9.17) is 5.73 Å². The van der Waals surface area contributed by atoms with Crippen molar-refractivity contribution in [3.63, 3.8) is 0 Å². The van der Waals surface area contributed by atoms with Gasteiger partial charge in [-0.2, -0.15) is 0 Å². The van der Waals surface area contributed by atoms with Gasteiger partial charge in [0, 0.05) is 11.1 Å². The molecular formula is C7H6N4OS2. The van der Waals surface area contributed by atoms with Crippen molar-refractivity contribution in [2.45, 2.75) is 9.24 Å². The maximum absolute atomic E-state index is 11.1. The van der Waals surface area contributed by atoms with Gasteiger partial charge < -0.3 is 10.7 Å². The molecule has 2 heterocycles. The molecule has 3 N–H and O–H groups in total. The molecule has 0 aromatic carbocycles. The number of rotatable bonds is 2. The number of anilines is 1. The average molecular weight is 226 g/mol. The minimum Gasteiger partial charge on any atom is -0.393 e. The van der Waals surface area contributed by atoms with Crippen LogP contribution in [-0.4, -0.2) is 15.2 Å². The van der Waals surface area contributed by atoms with Gasteiger partial charge in [-0.05, 0) is 6.07 Å². The fraction of sp³-hybridized carbons (Fsp3) is 0. The van der Waals surface area contributed by atoms with Crippen LogP contribution in [0.2, 0.25) is 0 Å². The highest BCUT2D eigenvalue weighted by atomic mass is 32.2. The maximum atomic E-state index is 11.1. The van der Waals surface area contributed by atoms with E-state index in [-0.39, 0.29) is 11.2 Å². The van der Waals surface area contributed by atoms with Crippen LogP contribution in [0, 0.1) is 0 Å². The number of nitrogens with one attached hydrogen (secondary N) is 1. The monoisotopic (exact) mass is 226 g/mol. The third kappa shape index (κ3) is 1.78. The molecule has 0 unspecified atom stereocenters. The van der Waals surface area contributed by atoms with Gasteiger partial charge in [0.25, 0.3) is 5.56 Å². The zero-order valence-electron chi connectivity index (χ0n) is 6.93. The molecule has 0 aliphatic carbocycles. The Morgan fingerprint density at radius 1 is 1.57 bits per heavy atom. The summed E-state index contributed by atoms with van der Waals surface area (Å²) in [6.45, 7) is 0. The molecule has 0 aliphatic rings. The van der Waals surface area contributed by atoms with E-state index in [1.807, 2.05) is 0 Å². The number of hydrogen-bond acceptors (Lipinski definition) is 6. The first-order valence-electron chi connectivity index (χ1n) is 3.68. The Labute approximate surface area is 87.4 Å². The van der Waals surface area contributed by atoms with Crippen molar-refractivity contribution in [1.82, 2.24) is 15.2 Å². The van der Waals surface area contributed by atoms with E-state index >= 15 is 0 Å². The van der Waals surface area contributed by atoms with Crippen LogP contribution in [0.3, 0.4) is 0 Å². The summed E-state index contributed by atoms with van der Waals surface area (Å²) in [5.41, 5.74) is 7.16. The molecule has 7 heteroatoms. The Kier molecular flexibility index (Phi) is 2.51. The number of nitrogens with two attached hydrogens (primary N) is 1. The summed E-state index contributed by atoms with van der Waals surface area (Å²) in [7, 11) is 0. The van der Waals surface area contributed by atoms with Gasteiger partial charge in [-0.25, -0.2) is 0 Å². The SMILES string of the molecule is Nc1c(Sc2nncs2)cc[nH]c1=O. The minimum atomic E-state index is -0.278. The zero-order chi connectivity index (χ0) is 9.97. The number of aromatic amines is 1. The number of nitrogen functional groups attached to an aromatic ring is 1. The molecule has 0 spiro atoms. The molecule has 0 radical (unpaired) electrons. The highest BCUT2D eigenvalue weighted by molar-refractivity contribution is 8.01. The maximum Gasteiger partial charge on any atom is 0.272 e. The van der Waals surface area contributed by atoms with E-state index in [2.05, 4.69) is 15.2 Å². The van der Waals surface area contributed by atoms with Crippen LogP contribution in [0.25, 0.3) is 0 Å². The van der Waals surface area contributed by atoms with Crippen LogP contribution < -0.4 is 11.3 Å². The standard InChI is InChI=1S/C7H6N4OS2/c8-5-4(1-2-9-6(5)12)14-7-11-10-3-13-7/h1-3H,8H2,(H,9,12). The number of nitrogens with zero attached hydrogens (tertiary/aromatic N) is 2. The van der Waals surface area contributed by atoms with Gasteiger partial charge in [0.15, 0.2) is 4.34 Å². The minimum absolute atomic E-state index is 0.215. The first kappa shape index (κ1) is 9.22. The van der Waals surface area contributed by atoms with Gasteiger partial charge in [0.05, 0.1) is 0 Å². The summed E-state index contributed by atoms with van der Waals surface area (Å²) in [5, 5.41) is 7.54. The first-order valence-corrected chi connectivity index (χ1v) is 5.38. The van der Waals surface area contributed by atoms with E-state index in [9.17, 15) is 4.79 Å². The zero-order valence-corrected chi connectivity index (χ0v) is 8.56. The number of aromatic nitrogens is 3. The normalized spacial score (nSPS) is 10.3. The first-order chi connectivity index (χ1) is 6.77. The van der Waals surface area contributed by atoms with Crippen molar-refractivity contribution < 1.29 is 0 Å². The van der Waals surface area contributed by atoms with E-state index in [1.54, 1.807) is 17.8 Å². The predicted molar refractivity (Wildman–Crippen MR) is 55.5 cm³/mol. The molecule has 0 saturated heterocycles. The van der Waals surface area contributed by atoms with Gasteiger partial charge in [-0.3, -0.25) is 4.79 Å². The summed E-state index contributed by atoms with van der Waals surface area (Å²) in [5.74, 6) is 0. The van der Waals surface area contributed by atoms with Gasteiger partial charge in [-0.15, -0.1) is 10.2 Å². The van der Waals surface area contributed by atoms with Gasteiger partial charge >= 0.3 is 0 Å². The number of pyridine rings is 1. The quantitative estimate of drug-likeness (QED) is 0.796. The third-order valence-corrected chi connectivity index (χ3v) is 3.35. The van der Waals surface area contributed by atoms with E-state index < -0.39 is 0 Å². The molecule has 0 saturated carbocycles. The van der Waals surface area contributed by atoms with Crippen molar-refractivity contribution in [3.05, 3.63) is 28.1 Å². The van der Waals surface area contributed by atoms with Crippen molar-refractivity contribution in [3.8, 4) is 0 Å². The fourth-order valence-corrected chi connectivity index (χ4v) is 2.35. The third-order valence-electron chi connectivity index (χ3n) is 1.50. The van der Waals surface area contributed by atoms with Crippen molar-refractivity contribution in [1.29, 1.82) is 0 Å². The second kappa shape index (κ2) is 3.81. The van der Waals surface area contributed by atoms with Crippen LogP contribution in [0.4, 0.5) is 5.69 Å². The summed E-state index contributed by atoms with van der Waals surface area (Å²) in [4.78, 5) is 14.3. The molecule has 0 bridgehead atoms. The Morgan fingerprint density at radius 3 is 3.14 bits per heavy atom. The molecule has 2 aromatic rings. The van der Waals surface area contributed by atoms with Crippen molar-refractivity contribution >= 4 is 28.8 Å². The summed E-state index contributed by atoms with van der Waals surface area (Å²) >= 11 is 2.74. The molecular weight excluding hydrogens is 220 g/mol. The molecule has 2 rings (SSSR count). The van der Waals surface area contributed by atoms with Gasteiger partial charge in [-0.1, -0.05) is 23.1 Å². The van der Waals surface area contributed by atoms with Crippen molar-refractivity contribution in [2.24, 2.45) is 0 Å². The molecule has 2 aromatic heterocycles. The lowest BCUT2D eigenvalue weighted by molar-refractivity contribution is 1.01. The Morgan fingerprint density at radius 2 is 2.43 bits per heavy atom. The van der Waals surface area contributed by atoms with Crippen LogP contribution in [0.1, 0.15) is 0 Å². The van der Waals surface area contributed by atoms with E-state index in [1.165, 1.54) is 23.1 Å². The second-order valence-electron chi connectivity index (χ2n) is 2.39. The molecule has 72 valence electrons. The van der Waals surface area contributed by atoms with E-state index in [0.29, 0.717) is 4.90 Å². The van der Waals surface area contributed by atoms with Gasteiger partial charge in [0.1, 0.15) is 11.2 Å². The lowest BCUT2D eigenvalue weighted by Crippen LogP contribution is -2.11. The van der Waals surface area contributed by atoms with Gasteiger partial charge in [0.2, 0.25) is 0 Å². The Balaban J connectivity index is 2.34. The highest BCUT2D eigenvalue weighted by Crippen LogP contribution is 2.30. The predicted octanol–water partition coefficient (Wildman–Crippen LogP) is 0.960. The number of H-pyrrole nitrogens is 1. The number of hydrogen-bond donors (Lipinski definition) is 2. The van der Waals surface area contributed by atoms with E-state index in [0.717, 1.165) is 4.34 Å². The molecule has 0 atom stereocenters. The second-order valence-corrected chi connectivity index (χ2v) is 4.51. The molecule has 0 amide bonds. The molecule has 0 fully saturated rings. The van der Waals surface area contributed by atoms with Crippen LogP contribution in [0.15, 0.2) is 31.8 Å². The smallest absolute Gasteiger partial charge is 0.272 e.